The lowest BCUT2D eigenvalue weighted by atomic mass is 10.1. The third kappa shape index (κ3) is 5.98. The number of benzene rings is 1. The summed E-state index contributed by atoms with van der Waals surface area (Å²) < 4.78 is 5.80. The first-order valence-electron chi connectivity index (χ1n) is 10.3. The van der Waals surface area contributed by atoms with E-state index < -0.39 is 0 Å². The molecule has 28 heavy (non-hydrogen) atoms. The first-order chi connectivity index (χ1) is 13.5. The van der Waals surface area contributed by atoms with E-state index in [-0.39, 0.29) is 0 Å². The molecule has 0 saturated heterocycles. The summed E-state index contributed by atoms with van der Waals surface area (Å²) in [6.07, 6.45) is 7.94. The third-order valence-electron chi connectivity index (χ3n) is 4.78. The van der Waals surface area contributed by atoms with Crippen LogP contribution < -0.4 is 10.6 Å². The molecule has 0 amide bonds. The van der Waals surface area contributed by atoms with Gasteiger partial charge in [-0.25, -0.2) is 4.99 Å². The smallest absolute Gasteiger partial charge is 0.146 e. The largest absolute Gasteiger partial charge is 0.491 e. The van der Waals surface area contributed by atoms with Gasteiger partial charge in [0, 0.05) is 24.4 Å². The monoisotopic (exact) mass is 382 g/mol. The van der Waals surface area contributed by atoms with Crippen LogP contribution in [-0.4, -0.2) is 30.6 Å². The molecule has 0 aliphatic heterocycles. The zero-order chi connectivity index (χ0) is 20.5. The van der Waals surface area contributed by atoms with Crippen LogP contribution in [0.4, 0.5) is 11.4 Å². The van der Waals surface area contributed by atoms with Crippen molar-refractivity contribution in [2.75, 3.05) is 18.1 Å². The SMILES string of the molecule is CCCCCCOC1=C/C(=N/c2ccc(N(CC)C(C)C)cc2)C(N)=CC1=N. The fraction of sp³-hybridized carbons (Fsp3) is 0.478. The van der Waals surface area contributed by atoms with Crippen LogP contribution in [0, 0.1) is 5.41 Å². The number of unbranched alkanes of at least 4 members (excludes halogenated alkanes) is 3. The van der Waals surface area contributed by atoms with Gasteiger partial charge in [-0.15, -0.1) is 0 Å². The molecule has 0 fully saturated rings. The molecule has 2 rings (SSSR count). The number of anilines is 1. The highest BCUT2D eigenvalue weighted by Crippen LogP contribution is 2.23. The number of nitrogens with two attached hydrogens (primary N) is 1. The average Bonchev–Trinajstić information content (AvgIpc) is 2.66. The fourth-order valence-electron chi connectivity index (χ4n) is 3.22. The van der Waals surface area contributed by atoms with E-state index in [1.54, 1.807) is 12.2 Å². The Labute approximate surface area is 169 Å². The second-order valence-corrected chi connectivity index (χ2v) is 7.32. The lowest BCUT2D eigenvalue weighted by Crippen LogP contribution is -2.30. The van der Waals surface area contributed by atoms with E-state index in [1.165, 1.54) is 18.5 Å². The molecular formula is C23H34N4O. The standard InChI is InChI=1S/C23H34N4O/c1-5-7-8-9-14-28-23-16-22(20(24)15-21(23)25)26-18-10-12-19(13-11-18)27(6-2)17(3)4/h10-13,15-17,25H,5-9,14,24H2,1-4H3/b25-21?,26-22-. The van der Waals surface area contributed by atoms with Crippen molar-refractivity contribution < 1.29 is 4.74 Å². The zero-order valence-corrected chi connectivity index (χ0v) is 17.7. The molecule has 5 nitrogen and oxygen atoms in total. The van der Waals surface area contributed by atoms with Gasteiger partial charge in [-0.3, -0.25) is 5.41 Å². The highest BCUT2D eigenvalue weighted by molar-refractivity contribution is 6.22. The molecule has 0 saturated carbocycles. The van der Waals surface area contributed by atoms with E-state index in [1.807, 2.05) is 12.1 Å². The molecule has 3 N–H and O–H groups in total. The Balaban J connectivity index is 2.11. The number of rotatable bonds is 10. The van der Waals surface area contributed by atoms with Crippen molar-refractivity contribution in [3.63, 3.8) is 0 Å². The molecule has 0 radical (unpaired) electrons. The van der Waals surface area contributed by atoms with Crippen molar-refractivity contribution in [3.8, 4) is 0 Å². The van der Waals surface area contributed by atoms with Crippen LogP contribution in [-0.2, 0) is 4.74 Å². The van der Waals surface area contributed by atoms with Gasteiger partial charge in [0.05, 0.1) is 29.4 Å². The Hall–Kier alpha value is -2.56. The molecule has 0 atom stereocenters. The highest BCUT2D eigenvalue weighted by Gasteiger charge is 2.16. The topological polar surface area (TPSA) is 74.7 Å². The van der Waals surface area contributed by atoms with Crippen molar-refractivity contribution in [1.29, 1.82) is 5.41 Å². The Bertz CT molecular complexity index is 744. The second kappa shape index (κ2) is 10.7. The predicted octanol–water partition coefficient (Wildman–Crippen LogP) is 5.35. The third-order valence-corrected chi connectivity index (χ3v) is 4.78. The van der Waals surface area contributed by atoms with Gasteiger partial charge >= 0.3 is 0 Å². The summed E-state index contributed by atoms with van der Waals surface area (Å²) >= 11 is 0. The molecule has 5 heteroatoms. The van der Waals surface area contributed by atoms with Crippen LogP contribution in [0.15, 0.2) is 52.9 Å². The van der Waals surface area contributed by atoms with Gasteiger partial charge in [0.1, 0.15) is 5.76 Å². The number of aliphatic imine (C=N–C) groups is 1. The minimum Gasteiger partial charge on any atom is -0.491 e. The van der Waals surface area contributed by atoms with Gasteiger partial charge in [0.2, 0.25) is 0 Å². The lowest BCUT2D eigenvalue weighted by Gasteiger charge is -2.27. The van der Waals surface area contributed by atoms with E-state index in [0.717, 1.165) is 25.1 Å². The number of hydrogen-bond acceptors (Lipinski definition) is 5. The minimum atomic E-state index is 0.304. The molecule has 1 aliphatic carbocycles. The summed E-state index contributed by atoms with van der Waals surface area (Å²) in [6.45, 7) is 10.3. The maximum atomic E-state index is 8.09. The Morgan fingerprint density at radius 1 is 1.07 bits per heavy atom. The summed E-state index contributed by atoms with van der Waals surface area (Å²) in [4.78, 5) is 7.00. The van der Waals surface area contributed by atoms with Crippen LogP contribution in [0.5, 0.6) is 0 Å². The second-order valence-electron chi connectivity index (χ2n) is 7.32. The summed E-state index contributed by atoms with van der Waals surface area (Å²) in [5.74, 6) is 0.540. The van der Waals surface area contributed by atoms with E-state index in [0.29, 0.717) is 35.5 Å². The fourth-order valence-corrected chi connectivity index (χ4v) is 3.22. The van der Waals surface area contributed by atoms with Crippen molar-refractivity contribution in [2.24, 2.45) is 10.7 Å². The number of allylic oxidation sites excluding steroid dienone is 2. The molecule has 1 aromatic carbocycles. The van der Waals surface area contributed by atoms with Gasteiger partial charge in [0.15, 0.2) is 0 Å². The van der Waals surface area contributed by atoms with Crippen LogP contribution in [0.3, 0.4) is 0 Å². The van der Waals surface area contributed by atoms with Crippen molar-refractivity contribution >= 4 is 22.8 Å². The normalized spacial score (nSPS) is 15.6. The average molecular weight is 383 g/mol. The van der Waals surface area contributed by atoms with Crippen molar-refractivity contribution in [1.82, 2.24) is 0 Å². The summed E-state index contributed by atoms with van der Waals surface area (Å²) in [5.41, 5.74) is 9.55. The van der Waals surface area contributed by atoms with Crippen LogP contribution in [0.25, 0.3) is 0 Å². The predicted molar refractivity (Wildman–Crippen MR) is 120 cm³/mol. The number of ether oxygens (including phenoxy) is 1. The van der Waals surface area contributed by atoms with Crippen LogP contribution >= 0.6 is 0 Å². The molecule has 0 aromatic heterocycles. The molecule has 0 bridgehead atoms. The molecule has 0 spiro atoms. The first-order valence-corrected chi connectivity index (χ1v) is 10.3. The molecule has 0 heterocycles. The number of hydrogen-bond donors (Lipinski definition) is 2. The van der Waals surface area contributed by atoms with E-state index in [9.17, 15) is 0 Å². The quantitative estimate of drug-likeness (QED) is 0.423. The van der Waals surface area contributed by atoms with Crippen LogP contribution in [0.1, 0.15) is 53.4 Å². The Kier molecular flexibility index (Phi) is 8.30. The summed E-state index contributed by atoms with van der Waals surface area (Å²) in [5, 5.41) is 8.09. The summed E-state index contributed by atoms with van der Waals surface area (Å²) in [6, 6.07) is 8.62. The molecule has 1 aromatic rings. The van der Waals surface area contributed by atoms with Gasteiger partial charge in [0.25, 0.3) is 0 Å². The zero-order valence-electron chi connectivity index (χ0n) is 17.7. The van der Waals surface area contributed by atoms with Gasteiger partial charge in [-0.2, -0.15) is 0 Å². The number of nitrogens with one attached hydrogen (secondary N) is 1. The molecule has 1 aliphatic rings. The van der Waals surface area contributed by atoms with Gasteiger partial charge in [-0.05, 0) is 57.5 Å². The maximum Gasteiger partial charge on any atom is 0.146 e. The first kappa shape index (κ1) is 21.7. The van der Waals surface area contributed by atoms with Gasteiger partial charge in [-0.1, -0.05) is 26.2 Å². The number of nitrogens with zero attached hydrogens (tertiary/aromatic N) is 2. The minimum absolute atomic E-state index is 0.304. The van der Waals surface area contributed by atoms with E-state index in [2.05, 4.69) is 49.7 Å². The summed E-state index contributed by atoms with van der Waals surface area (Å²) in [7, 11) is 0. The van der Waals surface area contributed by atoms with E-state index >= 15 is 0 Å². The maximum absolute atomic E-state index is 8.09. The molecule has 0 unspecified atom stereocenters. The van der Waals surface area contributed by atoms with Gasteiger partial charge < -0.3 is 15.4 Å². The van der Waals surface area contributed by atoms with Crippen LogP contribution in [0.2, 0.25) is 0 Å². The molecule has 152 valence electrons. The Morgan fingerprint density at radius 2 is 1.79 bits per heavy atom. The highest BCUT2D eigenvalue weighted by atomic mass is 16.5. The Morgan fingerprint density at radius 3 is 2.39 bits per heavy atom. The van der Waals surface area contributed by atoms with E-state index in [4.69, 9.17) is 15.9 Å². The lowest BCUT2D eigenvalue weighted by molar-refractivity contribution is 0.223. The van der Waals surface area contributed by atoms with Crippen molar-refractivity contribution in [3.05, 3.63) is 47.9 Å². The van der Waals surface area contributed by atoms with Crippen molar-refractivity contribution in [2.45, 2.75) is 59.4 Å². The molecular weight excluding hydrogens is 348 g/mol.